The molecule has 0 saturated carbocycles. The number of carbonyl (C=O) groups is 2. The maximum absolute atomic E-state index is 12.3. The Hall–Kier alpha value is -2.83. The van der Waals surface area contributed by atoms with Crippen molar-refractivity contribution in [1.82, 2.24) is 10.2 Å². The van der Waals surface area contributed by atoms with E-state index in [9.17, 15) is 14.7 Å². The SMILES string of the molecule is Cc1nnc(SCC2CC(c3ccc(CO)cc3)OC(c3ccc(NC(=O)CCCCCCC(=O)O)cc3)O2)s1. The number of anilines is 1. The molecule has 0 aliphatic carbocycles. The average Bonchev–Trinajstić information content (AvgIpc) is 3.39. The van der Waals surface area contributed by atoms with Gasteiger partial charge in [-0.3, -0.25) is 9.59 Å². The number of aromatic nitrogens is 2. The predicted octanol–water partition coefficient (Wildman–Crippen LogP) is 6.04. The van der Waals surface area contributed by atoms with Crippen LogP contribution < -0.4 is 5.32 Å². The van der Waals surface area contributed by atoms with E-state index in [-0.39, 0.29) is 31.1 Å². The van der Waals surface area contributed by atoms with Gasteiger partial charge >= 0.3 is 5.97 Å². The van der Waals surface area contributed by atoms with Crippen LogP contribution in [-0.4, -0.2) is 44.1 Å². The van der Waals surface area contributed by atoms with Gasteiger partial charge in [-0.25, -0.2) is 0 Å². The number of aliphatic hydroxyl groups excluding tert-OH is 1. The molecule has 3 unspecified atom stereocenters. The normalized spacial score (nSPS) is 18.9. The molecule has 1 fully saturated rings. The van der Waals surface area contributed by atoms with E-state index in [0.717, 1.165) is 45.3 Å². The Bertz CT molecular complexity index is 1240. The second-order valence-corrected chi connectivity index (χ2v) is 12.2. The van der Waals surface area contributed by atoms with E-state index in [4.69, 9.17) is 14.6 Å². The van der Waals surface area contributed by atoms with Crippen molar-refractivity contribution in [2.24, 2.45) is 0 Å². The number of aliphatic carboxylic acids is 1. The molecular weight excluding hydrogens is 550 g/mol. The monoisotopic (exact) mass is 585 g/mol. The lowest BCUT2D eigenvalue weighted by atomic mass is 10.0. The Kier molecular flexibility index (Phi) is 11.5. The van der Waals surface area contributed by atoms with Crippen LogP contribution in [0.1, 0.15) is 79.0 Å². The van der Waals surface area contributed by atoms with Crippen LogP contribution in [-0.2, 0) is 25.7 Å². The van der Waals surface area contributed by atoms with Crippen molar-refractivity contribution >= 4 is 40.7 Å². The molecular formula is C29H35N3O6S2. The number of benzene rings is 2. The molecule has 1 aromatic heterocycles. The lowest BCUT2D eigenvalue weighted by Gasteiger charge is -2.36. The summed E-state index contributed by atoms with van der Waals surface area (Å²) in [5.41, 5.74) is 3.43. The van der Waals surface area contributed by atoms with E-state index in [1.54, 1.807) is 23.1 Å². The van der Waals surface area contributed by atoms with Crippen molar-refractivity contribution < 1.29 is 29.3 Å². The predicted molar refractivity (Wildman–Crippen MR) is 154 cm³/mol. The third kappa shape index (κ3) is 9.38. The number of aryl methyl sites for hydroxylation is 1. The van der Waals surface area contributed by atoms with Gasteiger partial charge in [0.25, 0.3) is 0 Å². The molecule has 3 aromatic rings. The smallest absolute Gasteiger partial charge is 0.303 e. The zero-order valence-electron chi connectivity index (χ0n) is 22.5. The number of nitrogens with zero attached hydrogens (tertiary/aromatic N) is 2. The highest BCUT2D eigenvalue weighted by molar-refractivity contribution is 8.01. The number of ether oxygens (including phenoxy) is 2. The second-order valence-electron chi connectivity index (χ2n) is 9.73. The Labute approximate surface area is 242 Å². The maximum atomic E-state index is 12.3. The van der Waals surface area contributed by atoms with E-state index in [1.807, 2.05) is 55.5 Å². The van der Waals surface area contributed by atoms with Crippen molar-refractivity contribution in [2.45, 2.75) is 81.3 Å². The Morgan fingerprint density at radius 1 is 0.975 bits per heavy atom. The van der Waals surface area contributed by atoms with Crippen molar-refractivity contribution in [2.75, 3.05) is 11.1 Å². The summed E-state index contributed by atoms with van der Waals surface area (Å²) in [4.78, 5) is 22.9. The summed E-state index contributed by atoms with van der Waals surface area (Å²) in [6.45, 7) is 1.93. The molecule has 11 heteroatoms. The lowest BCUT2D eigenvalue weighted by molar-refractivity contribution is -0.245. The Morgan fingerprint density at radius 2 is 1.68 bits per heavy atom. The van der Waals surface area contributed by atoms with E-state index < -0.39 is 12.3 Å². The molecule has 1 amide bonds. The van der Waals surface area contributed by atoms with Gasteiger partial charge in [-0.15, -0.1) is 10.2 Å². The number of amides is 1. The molecule has 3 N–H and O–H groups in total. The van der Waals surface area contributed by atoms with Crippen LogP contribution in [0.4, 0.5) is 5.69 Å². The summed E-state index contributed by atoms with van der Waals surface area (Å²) in [6, 6.07) is 15.3. The van der Waals surface area contributed by atoms with Crippen LogP contribution in [0.15, 0.2) is 52.9 Å². The molecule has 2 aromatic carbocycles. The summed E-state index contributed by atoms with van der Waals surface area (Å²) in [7, 11) is 0. The summed E-state index contributed by atoms with van der Waals surface area (Å²) >= 11 is 3.19. The number of thioether (sulfide) groups is 1. The van der Waals surface area contributed by atoms with Gasteiger partial charge in [0.2, 0.25) is 5.91 Å². The number of nitrogens with one attached hydrogen (secondary N) is 1. The highest BCUT2D eigenvalue weighted by Gasteiger charge is 2.32. The number of carbonyl (C=O) groups excluding carboxylic acids is 1. The third-order valence-corrected chi connectivity index (χ3v) is 8.63. The molecule has 0 spiro atoms. The van der Waals surface area contributed by atoms with E-state index in [0.29, 0.717) is 30.7 Å². The summed E-state index contributed by atoms with van der Waals surface area (Å²) < 4.78 is 13.7. The van der Waals surface area contributed by atoms with Gasteiger partial charge in [0.05, 0.1) is 18.8 Å². The summed E-state index contributed by atoms with van der Waals surface area (Å²) in [6.07, 6.45) is 3.43. The highest BCUT2D eigenvalue weighted by atomic mass is 32.2. The number of aliphatic hydroxyl groups is 1. The van der Waals surface area contributed by atoms with Crippen LogP contribution in [0.25, 0.3) is 0 Å². The van der Waals surface area contributed by atoms with Gasteiger partial charge in [0.15, 0.2) is 10.6 Å². The topological polar surface area (TPSA) is 131 Å². The zero-order valence-corrected chi connectivity index (χ0v) is 24.1. The molecule has 1 aliphatic heterocycles. The fourth-order valence-corrected chi connectivity index (χ4v) is 6.25. The van der Waals surface area contributed by atoms with Gasteiger partial charge in [-0.1, -0.05) is 72.3 Å². The first-order valence-corrected chi connectivity index (χ1v) is 15.2. The molecule has 40 heavy (non-hydrogen) atoms. The van der Waals surface area contributed by atoms with Crippen LogP contribution >= 0.6 is 23.1 Å². The Morgan fingerprint density at radius 3 is 2.33 bits per heavy atom. The number of carboxylic acid groups (broad SMARTS) is 1. The van der Waals surface area contributed by atoms with E-state index in [2.05, 4.69) is 15.5 Å². The van der Waals surface area contributed by atoms with Gasteiger partial charge in [-0.2, -0.15) is 0 Å². The van der Waals surface area contributed by atoms with Crippen molar-refractivity contribution in [3.8, 4) is 0 Å². The quantitative estimate of drug-likeness (QED) is 0.153. The van der Waals surface area contributed by atoms with E-state index in [1.165, 1.54) is 0 Å². The largest absolute Gasteiger partial charge is 0.481 e. The lowest BCUT2D eigenvalue weighted by Crippen LogP contribution is -2.31. The number of unbranched alkanes of at least 4 members (excludes halogenated alkanes) is 3. The first-order valence-electron chi connectivity index (χ1n) is 13.4. The highest BCUT2D eigenvalue weighted by Crippen LogP contribution is 2.39. The van der Waals surface area contributed by atoms with Crippen LogP contribution in [0.2, 0.25) is 0 Å². The average molecular weight is 586 g/mol. The van der Waals surface area contributed by atoms with Crippen molar-refractivity contribution in [3.05, 3.63) is 70.2 Å². The van der Waals surface area contributed by atoms with Gasteiger partial charge in [0, 0.05) is 36.3 Å². The van der Waals surface area contributed by atoms with Crippen LogP contribution in [0.3, 0.4) is 0 Å². The van der Waals surface area contributed by atoms with Gasteiger partial charge in [-0.05, 0) is 43.0 Å². The van der Waals surface area contributed by atoms with Crippen LogP contribution in [0, 0.1) is 6.92 Å². The third-order valence-electron chi connectivity index (χ3n) is 6.53. The molecule has 214 valence electrons. The number of hydrogen-bond acceptors (Lipinski definition) is 9. The first kappa shape index (κ1) is 30.1. The molecule has 9 nitrogen and oxygen atoms in total. The minimum atomic E-state index is -0.782. The molecule has 3 atom stereocenters. The molecule has 1 saturated heterocycles. The van der Waals surface area contributed by atoms with Gasteiger partial charge < -0.3 is 25.0 Å². The molecule has 0 radical (unpaired) electrons. The minimum absolute atomic E-state index is 0.00620. The summed E-state index contributed by atoms with van der Waals surface area (Å²) in [5.74, 6) is -0.133. The van der Waals surface area contributed by atoms with Crippen molar-refractivity contribution in [1.29, 1.82) is 0 Å². The number of hydrogen-bond donors (Lipinski definition) is 3. The number of rotatable bonds is 14. The zero-order chi connectivity index (χ0) is 28.3. The number of carboxylic acids is 1. The molecule has 4 rings (SSSR count). The maximum Gasteiger partial charge on any atom is 0.303 e. The molecule has 2 heterocycles. The first-order chi connectivity index (χ1) is 19.4. The summed E-state index contributed by atoms with van der Waals surface area (Å²) in [5, 5.41) is 30.3. The van der Waals surface area contributed by atoms with Crippen molar-refractivity contribution in [3.63, 3.8) is 0 Å². The van der Waals surface area contributed by atoms with Crippen LogP contribution in [0.5, 0.6) is 0 Å². The fourth-order valence-electron chi connectivity index (χ4n) is 4.39. The van der Waals surface area contributed by atoms with E-state index >= 15 is 0 Å². The van der Waals surface area contributed by atoms with Gasteiger partial charge in [0.1, 0.15) is 5.01 Å². The minimum Gasteiger partial charge on any atom is -0.481 e. The fraction of sp³-hybridized carbons (Fsp3) is 0.448. The molecule has 1 aliphatic rings. The Balaban J connectivity index is 1.35. The standard InChI is InChI=1S/C29H35N3O6S2/c1-19-31-32-29(40-19)39-18-24-16-25(21-10-8-20(17-33)9-11-21)38-28(37-24)22-12-14-23(15-13-22)30-26(34)6-4-2-3-5-7-27(35)36/h8-15,24-25,28,33H,2-7,16-18H2,1H3,(H,30,34)(H,35,36). The molecule has 0 bridgehead atoms. The second kappa shape index (κ2) is 15.2.